The Morgan fingerprint density at radius 2 is 1.94 bits per heavy atom. The van der Waals surface area contributed by atoms with Gasteiger partial charge in [0, 0.05) is 6.54 Å². The highest BCUT2D eigenvalue weighted by Crippen LogP contribution is 2.36. The normalized spacial score (nSPS) is 24.9. The third-order valence-corrected chi connectivity index (χ3v) is 3.19. The van der Waals surface area contributed by atoms with Crippen LogP contribution in [-0.4, -0.2) is 29.7 Å². The van der Waals surface area contributed by atoms with Gasteiger partial charge < -0.3 is 15.7 Å². The Balaban J connectivity index is 2.39. The topological polar surface area (TPSA) is 78.4 Å². The van der Waals surface area contributed by atoms with Gasteiger partial charge in [-0.2, -0.15) is 0 Å². The highest BCUT2D eigenvalue weighted by atomic mass is 16.4. The Hall–Kier alpha value is -1.26. The highest BCUT2D eigenvalue weighted by Gasteiger charge is 2.34. The maximum Gasteiger partial charge on any atom is 0.326 e. The van der Waals surface area contributed by atoms with Crippen molar-refractivity contribution in [2.24, 2.45) is 17.3 Å². The van der Waals surface area contributed by atoms with E-state index in [1.54, 1.807) is 20.8 Å². The molecule has 1 aliphatic rings. The van der Waals surface area contributed by atoms with Crippen molar-refractivity contribution in [1.82, 2.24) is 10.6 Å². The lowest BCUT2D eigenvalue weighted by Gasteiger charge is -2.27. The Kier molecular flexibility index (Phi) is 4.01. The molecule has 0 aromatic heterocycles. The minimum Gasteiger partial charge on any atom is -0.480 e. The molecule has 1 fully saturated rings. The predicted molar refractivity (Wildman–Crippen MR) is 64.7 cm³/mol. The molecular weight excluding hydrogens is 220 g/mol. The number of hydrogen-bond donors (Lipinski definition) is 3. The van der Waals surface area contributed by atoms with Crippen LogP contribution in [0.1, 0.15) is 34.1 Å². The highest BCUT2D eigenvalue weighted by molar-refractivity contribution is 5.83. The quantitative estimate of drug-likeness (QED) is 0.698. The summed E-state index contributed by atoms with van der Waals surface area (Å²) in [7, 11) is 0. The zero-order valence-electron chi connectivity index (χ0n) is 10.9. The Labute approximate surface area is 102 Å². The summed E-state index contributed by atoms with van der Waals surface area (Å²) in [4.78, 5) is 22.6. The number of aliphatic carboxylic acids is 1. The molecule has 0 radical (unpaired) electrons. The summed E-state index contributed by atoms with van der Waals surface area (Å²) in [5.41, 5.74) is -0.504. The van der Waals surface area contributed by atoms with E-state index in [0.29, 0.717) is 18.4 Å². The number of carbonyl (C=O) groups excluding carboxylic acids is 1. The van der Waals surface area contributed by atoms with Crippen molar-refractivity contribution in [3.63, 3.8) is 0 Å². The summed E-state index contributed by atoms with van der Waals surface area (Å²) in [6.45, 7) is 8.13. The summed E-state index contributed by atoms with van der Waals surface area (Å²) in [5.74, 6) is 0.222. The first-order valence-corrected chi connectivity index (χ1v) is 5.99. The Bertz CT molecular complexity index is 309. The summed E-state index contributed by atoms with van der Waals surface area (Å²) in [6.07, 6.45) is 1.14. The lowest BCUT2D eigenvalue weighted by Crippen LogP contribution is -2.52. The first-order chi connectivity index (χ1) is 7.71. The van der Waals surface area contributed by atoms with Gasteiger partial charge in [-0.25, -0.2) is 9.59 Å². The van der Waals surface area contributed by atoms with E-state index in [1.165, 1.54) is 0 Å². The van der Waals surface area contributed by atoms with E-state index in [1.807, 2.05) is 0 Å². The maximum absolute atomic E-state index is 11.6. The molecule has 0 aromatic rings. The first-order valence-electron chi connectivity index (χ1n) is 5.99. The minimum atomic E-state index is -1.01. The van der Waals surface area contributed by atoms with Crippen molar-refractivity contribution in [3.05, 3.63) is 0 Å². The smallest absolute Gasteiger partial charge is 0.326 e. The van der Waals surface area contributed by atoms with Gasteiger partial charge in [0.2, 0.25) is 0 Å². The van der Waals surface area contributed by atoms with Crippen LogP contribution in [0, 0.1) is 17.3 Å². The molecule has 98 valence electrons. The molecule has 1 rings (SSSR count). The fraction of sp³-hybridized carbons (Fsp3) is 0.833. The molecular formula is C12H22N2O3. The van der Waals surface area contributed by atoms with Crippen LogP contribution in [0.5, 0.6) is 0 Å². The van der Waals surface area contributed by atoms with Gasteiger partial charge in [-0.1, -0.05) is 27.7 Å². The summed E-state index contributed by atoms with van der Waals surface area (Å²) in [6, 6.07) is -1.27. The zero-order chi connectivity index (χ0) is 13.2. The number of nitrogens with one attached hydrogen (secondary N) is 2. The molecule has 2 amide bonds. The molecule has 17 heavy (non-hydrogen) atoms. The van der Waals surface area contributed by atoms with Gasteiger partial charge in [-0.3, -0.25) is 0 Å². The lowest BCUT2D eigenvalue weighted by molar-refractivity contribution is -0.141. The molecule has 5 nitrogen and oxygen atoms in total. The standard InChI is InChI=1S/C12H22N2O3/c1-7-5-8(7)6-13-11(17)14-9(10(15)16)12(2,3)4/h7-9H,5-6H2,1-4H3,(H,15,16)(H2,13,14,17)/t7?,8?,9-/m1/s1. The fourth-order valence-electron chi connectivity index (χ4n) is 1.74. The molecule has 0 spiro atoms. The van der Waals surface area contributed by atoms with Gasteiger partial charge in [-0.15, -0.1) is 0 Å². The number of hydrogen-bond acceptors (Lipinski definition) is 2. The molecule has 1 saturated carbocycles. The van der Waals surface area contributed by atoms with Crippen LogP contribution < -0.4 is 10.6 Å². The van der Waals surface area contributed by atoms with Crippen molar-refractivity contribution >= 4 is 12.0 Å². The monoisotopic (exact) mass is 242 g/mol. The number of rotatable bonds is 4. The lowest BCUT2D eigenvalue weighted by atomic mass is 9.87. The second-order valence-electron chi connectivity index (χ2n) is 5.96. The molecule has 1 aliphatic carbocycles. The Morgan fingerprint density at radius 3 is 2.29 bits per heavy atom. The fourth-order valence-corrected chi connectivity index (χ4v) is 1.74. The number of amides is 2. The number of urea groups is 1. The molecule has 5 heteroatoms. The number of carbonyl (C=O) groups is 2. The van der Waals surface area contributed by atoms with Gasteiger partial charge in [0.15, 0.2) is 0 Å². The van der Waals surface area contributed by atoms with E-state index in [9.17, 15) is 9.59 Å². The van der Waals surface area contributed by atoms with Crippen LogP contribution in [0.4, 0.5) is 4.79 Å². The van der Waals surface area contributed by atoms with E-state index in [2.05, 4.69) is 17.6 Å². The molecule has 3 N–H and O–H groups in total. The Morgan fingerprint density at radius 1 is 1.41 bits per heavy atom. The van der Waals surface area contributed by atoms with E-state index in [-0.39, 0.29) is 0 Å². The van der Waals surface area contributed by atoms with Crippen molar-refractivity contribution in [3.8, 4) is 0 Å². The second-order valence-corrected chi connectivity index (χ2v) is 5.96. The molecule has 3 atom stereocenters. The molecule has 0 bridgehead atoms. The SMILES string of the molecule is CC1CC1CNC(=O)N[C@H](C(=O)O)C(C)(C)C. The largest absolute Gasteiger partial charge is 0.480 e. The average Bonchev–Trinajstić information content (AvgIpc) is 2.85. The molecule has 0 aliphatic heterocycles. The molecule has 2 unspecified atom stereocenters. The first kappa shape index (κ1) is 13.8. The van der Waals surface area contributed by atoms with E-state index < -0.39 is 23.5 Å². The third kappa shape index (κ3) is 4.24. The van der Waals surface area contributed by atoms with Crippen LogP contribution in [-0.2, 0) is 4.79 Å². The van der Waals surface area contributed by atoms with E-state index in [0.717, 1.165) is 6.42 Å². The predicted octanol–water partition coefficient (Wildman–Crippen LogP) is 1.44. The van der Waals surface area contributed by atoms with Crippen LogP contribution in [0.3, 0.4) is 0 Å². The maximum atomic E-state index is 11.6. The van der Waals surface area contributed by atoms with Crippen molar-refractivity contribution in [1.29, 1.82) is 0 Å². The summed E-state index contributed by atoms with van der Waals surface area (Å²) in [5, 5.41) is 14.3. The van der Waals surface area contributed by atoms with Crippen LogP contribution in [0.15, 0.2) is 0 Å². The number of carboxylic acids is 1. The minimum absolute atomic E-state index is 0.397. The van der Waals surface area contributed by atoms with Crippen LogP contribution in [0.2, 0.25) is 0 Å². The molecule has 0 aromatic carbocycles. The molecule has 0 heterocycles. The van der Waals surface area contributed by atoms with Crippen molar-refractivity contribution < 1.29 is 14.7 Å². The van der Waals surface area contributed by atoms with Gasteiger partial charge in [-0.05, 0) is 23.7 Å². The summed E-state index contributed by atoms with van der Waals surface area (Å²) >= 11 is 0. The van der Waals surface area contributed by atoms with Gasteiger partial charge >= 0.3 is 12.0 Å². The third-order valence-electron chi connectivity index (χ3n) is 3.19. The summed E-state index contributed by atoms with van der Waals surface area (Å²) < 4.78 is 0. The van der Waals surface area contributed by atoms with E-state index >= 15 is 0 Å². The molecule has 0 saturated heterocycles. The van der Waals surface area contributed by atoms with Crippen LogP contribution >= 0.6 is 0 Å². The van der Waals surface area contributed by atoms with E-state index in [4.69, 9.17) is 5.11 Å². The van der Waals surface area contributed by atoms with Crippen LogP contribution in [0.25, 0.3) is 0 Å². The average molecular weight is 242 g/mol. The van der Waals surface area contributed by atoms with Crippen molar-refractivity contribution in [2.75, 3.05) is 6.54 Å². The second kappa shape index (κ2) is 4.94. The van der Waals surface area contributed by atoms with Crippen molar-refractivity contribution in [2.45, 2.75) is 40.2 Å². The van der Waals surface area contributed by atoms with Gasteiger partial charge in [0.1, 0.15) is 6.04 Å². The van der Waals surface area contributed by atoms with Gasteiger partial charge in [0.25, 0.3) is 0 Å². The van der Waals surface area contributed by atoms with Gasteiger partial charge in [0.05, 0.1) is 0 Å². The number of carboxylic acid groups (broad SMARTS) is 1. The zero-order valence-corrected chi connectivity index (χ0v) is 10.9.